The highest BCUT2D eigenvalue weighted by atomic mass is 32.2. The number of esters is 1. The van der Waals surface area contributed by atoms with Crippen LogP contribution in [0.1, 0.15) is 17.4 Å². The quantitative estimate of drug-likeness (QED) is 0.677. The fourth-order valence-electron chi connectivity index (χ4n) is 1.54. The second-order valence-electron chi connectivity index (χ2n) is 3.47. The van der Waals surface area contributed by atoms with E-state index in [1.54, 1.807) is 18.7 Å². The zero-order valence-electron chi connectivity index (χ0n) is 10.1. The summed E-state index contributed by atoms with van der Waals surface area (Å²) in [6.07, 6.45) is 1.99. The van der Waals surface area contributed by atoms with Gasteiger partial charge in [-0.15, -0.1) is 16.9 Å². The van der Waals surface area contributed by atoms with Crippen LogP contribution in [-0.4, -0.2) is 34.2 Å². The number of ether oxygens (including phenoxy) is 1. The second-order valence-corrected chi connectivity index (χ2v) is 4.35. The van der Waals surface area contributed by atoms with Gasteiger partial charge in [0.25, 0.3) is 0 Å². The Labute approximate surface area is 109 Å². The van der Waals surface area contributed by atoms with E-state index in [4.69, 9.17) is 4.74 Å². The molecule has 0 saturated heterocycles. The molecule has 0 saturated carbocycles. The van der Waals surface area contributed by atoms with Crippen LogP contribution in [0, 0.1) is 0 Å². The summed E-state index contributed by atoms with van der Waals surface area (Å²) in [5, 5.41) is 10.3. The van der Waals surface area contributed by atoms with E-state index in [0.29, 0.717) is 12.3 Å². The zero-order valence-corrected chi connectivity index (χ0v) is 11.0. The first-order chi connectivity index (χ1) is 8.76. The molecule has 1 heterocycles. The standard InChI is InChI=1S/C12H13N3O2S/c1-3-17-12(16)11-10(13-15-14-11)8-5-4-6-9(7-8)18-2/h4-7H,3H2,1-2H3,(H,13,14,15). The van der Waals surface area contributed by atoms with Crippen molar-refractivity contribution in [2.24, 2.45) is 0 Å². The van der Waals surface area contributed by atoms with E-state index < -0.39 is 5.97 Å². The molecule has 0 spiro atoms. The lowest BCUT2D eigenvalue weighted by molar-refractivity contribution is 0.0520. The van der Waals surface area contributed by atoms with Crippen molar-refractivity contribution in [2.75, 3.05) is 12.9 Å². The third kappa shape index (κ3) is 2.53. The highest BCUT2D eigenvalue weighted by Gasteiger charge is 2.18. The van der Waals surface area contributed by atoms with Crippen molar-refractivity contribution < 1.29 is 9.53 Å². The number of hydrogen-bond acceptors (Lipinski definition) is 5. The molecule has 5 nitrogen and oxygen atoms in total. The predicted octanol–water partition coefficient (Wildman–Crippen LogP) is 2.37. The Balaban J connectivity index is 2.38. The van der Waals surface area contributed by atoms with E-state index in [2.05, 4.69) is 15.4 Å². The zero-order chi connectivity index (χ0) is 13.0. The van der Waals surface area contributed by atoms with E-state index in [-0.39, 0.29) is 5.69 Å². The van der Waals surface area contributed by atoms with Crippen molar-refractivity contribution >= 4 is 17.7 Å². The molecule has 1 aromatic heterocycles. The molecule has 0 radical (unpaired) electrons. The minimum absolute atomic E-state index is 0.218. The summed E-state index contributed by atoms with van der Waals surface area (Å²) in [5.74, 6) is -0.462. The molecule has 0 aliphatic heterocycles. The molecule has 94 valence electrons. The summed E-state index contributed by atoms with van der Waals surface area (Å²) >= 11 is 1.63. The van der Waals surface area contributed by atoms with E-state index in [9.17, 15) is 4.79 Å². The number of nitrogens with one attached hydrogen (secondary N) is 1. The van der Waals surface area contributed by atoms with Gasteiger partial charge in [0.1, 0.15) is 5.69 Å². The third-order valence-corrected chi connectivity index (χ3v) is 3.09. The van der Waals surface area contributed by atoms with Crippen molar-refractivity contribution in [1.82, 2.24) is 15.4 Å². The van der Waals surface area contributed by atoms with Gasteiger partial charge in [0.05, 0.1) is 6.61 Å². The fourth-order valence-corrected chi connectivity index (χ4v) is 2.00. The summed E-state index contributed by atoms with van der Waals surface area (Å²) in [4.78, 5) is 12.8. The second kappa shape index (κ2) is 5.68. The Morgan fingerprint density at radius 2 is 2.28 bits per heavy atom. The molecule has 18 heavy (non-hydrogen) atoms. The fraction of sp³-hybridized carbons (Fsp3) is 0.250. The molecule has 2 aromatic rings. The molecule has 0 aliphatic carbocycles. The number of benzene rings is 1. The van der Waals surface area contributed by atoms with Crippen LogP contribution in [0.5, 0.6) is 0 Å². The molecule has 0 bridgehead atoms. The molecule has 1 N–H and O–H groups in total. The largest absolute Gasteiger partial charge is 0.461 e. The van der Waals surface area contributed by atoms with Crippen molar-refractivity contribution in [3.8, 4) is 11.3 Å². The normalized spacial score (nSPS) is 10.3. The van der Waals surface area contributed by atoms with Crippen LogP contribution in [0.2, 0.25) is 0 Å². The summed E-state index contributed by atoms with van der Waals surface area (Å²) in [6.45, 7) is 2.07. The Hall–Kier alpha value is -1.82. The number of hydrogen-bond donors (Lipinski definition) is 1. The van der Waals surface area contributed by atoms with Gasteiger partial charge in [-0.3, -0.25) is 0 Å². The molecule has 1 aromatic carbocycles. The number of thioether (sulfide) groups is 1. The number of carbonyl (C=O) groups is 1. The van der Waals surface area contributed by atoms with Gasteiger partial charge in [0.15, 0.2) is 5.69 Å². The lowest BCUT2D eigenvalue weighted by Gasteiger charge is -2.02. The van der Waals surface area contributed by atoms with Gasteiger partial charge in [0, 0.05) is 10.5 Å². The van der Waals surface area contributed by atoms with Crippen LogP contribution < -0.4 is 0 Å². The Bertz CT molecular complexity index is 554. The summed E-state index contributed by atoms with van der Waals surface area (Å²) < 4.78 is 4.94. The van der Waals surface area contributed by atoms with Crippen molar-refractivity contribution in [3.63, 3.8) is 0 Å². The van der Waals surface area contributed by atoms with Crippen LogP contribution in [0.15, 0.2) is 29.2 Å². The van der Waals surface area contributed by atoms with Crippen LogP contribution in [-0.2, 0) is 4.74 Å². The van der Waals surface area contributed by atoms with E-state index in [0.717, 1.165) is 10.5 Å². The molecule has 0 amide bonds. The lowest BCUT2D eigenvalue weighted by atomic mass is 10.1. The maximum Gasteiger partial charge on any atom is 0.361 e. The first kappa shape index (κ1) is 12.6. The minimum atomic E-state index is -0.462. The number of nitrogens with zero attached hydrogens (tertiary/aromatic N) is 2. The number of carbonyl (C=O) groups excluding carboxylic acids is 1. The number of aromatic nitrogens is 3. The first-order valence-corrected chi connectivity index (χ1v) is 6.71. The highest BCUT2D eigenvalue weighted by molar-refractivity contribution is 7.98. The smallest absolute Gasteiger partial charge is 0.361 e. The summed E-state index contributed by atoms with van der Waals surface area (Å²) in [7, 11) is 0. The maximum absolute atomic E-state index is 11.7. The Morgan fingerprint density at radius 1 is 1.44 bits per heavy atom. The van der Waals surface area contributed by atoms with Crippen LogP contribution in [0.4, 0.5) is 0 Å². The van der Waals surface area contributed by atoms with Gasteiger partial charge < -0.3 is 4.74 Å². The third-order valence-electron chi connectivity index (χ3n) is 2.36. The van der Waals surface area contributed by atoms with Gasteiger partial charge in [0.2, 0.25) is 0 Å². The minimum Gasteiger partial charge on any atom is -0.461 e. The molecule has 6 heteroatoms. The molecular formula is C12H13N3O2S. The molecule has 0 unspecified atom stereocenters. The summed E-state index contributed by atoms with van der Waals surface area (Å²) in [5.41, 5.74) is 1.58. The van der Waals surface area contributed by atoms with Gasteiger partial charge >= 0.3 is 5.97 Å². The van der Waals surface area contributed by atoms with Gasteiger partial charge in [-0.25, -0.2) is 4.79 Å². The predicted molar refractivity (Wildman–Crippen MR) is 69.6 cm³/mol. The molecule has 0 fully saturated rings. The van der Waals surface area contributed by atoms with Crippen molar-refractivity contribution in [2.45, 2.75) is 11.8 Å². The van der Waals surface area contributed by atoms with Crippen LogP contribution in [0.25, 0.3) is 11.3 Å². The topological polar surface area (TPSA) is 67.9 Å². The van der Waals surface area contributed by atoms with Crippen LogP contribution in [0.3, 0.4) is 0 Å². The Morgan fingerprint density at radius 3 is 3.00 bits per heavy atom. The molecule has 0 atom stereocenters. The number of H-pyrrole nitrogens is 1. The van der Waals surface area contributed by atoms with E-state index in [1.807, 2.05) is 30.5 Å². The van der Waals surface area contributed by atoms with Gasteiger partial charge in [-0.1, -0.05) is 12.1 Å². The monoisotopic (exact) mass is 263 g/mol. The SMILES string of the molecule is CCOC(=O)c1n[nH]nc1-c1cccc(SC)c1. The Kier molecular flexibility index (Phi) is 3.99. The summed E-state index contributed by atoms with van der Waals surface area (Å²) in [6, 6.07) is 7.77. The van der Waals surface area contributed by atoms with Crippen molar-refractivity contribution in [3.05, 3.63) is 30.0 Å². The van der Waals surface area contributed by atoms with Crippen LogP contribution >= 0.6 is 11.8 Å². The van der Waals surface area contributed by atoms with E-state index >= 15 is 0 Å². The van der Waals surface area contributed by atoms with Gasteiger partial charge in [-0.05, 0) is 25.3 Å². The highest BCUT2D eigenvalue weighted by Crippen LogP contribution is 2.24. The van der Waals surface area contributed by atoms with Gasteiger partial charge in [-0.2, -0.15) is 10.3 Å². The molecule has 0 aliphatic rings. The lowest BCUT2D eigenvalue weighted by Crippen LogP contribution is -2.06. The maximum atomic E-state index is 11.7. The molecular weight excluding hydrogens is 250 g/mol. The number of aromatic amines is 1. The number of rotatable bonds is 4. The van der Waals surface area contributed by atoms with Crippen molar-refractivity contribution in [1.29, 1.82) is 0 Å². The first-order valence-electron chi connectivity index (χ1n) is 5.48. The van der Waals surface area contributed by atoms with E-state index in [1.165, 1.54) is 0 Å². The molecule has 2 rings (SSSR count). The average Bonchev–Trinajstić information content (AvgIpc) is 2.88. The average molecular weight is 263 g/mol.